The van der Waals surface area contributed by atoms with E-state index in [2.05, 4.69) is 23.5 Å². The molecule has 4 rings (SSSR count). The number of carboxylic acids is 1. The highest BCUT2D eigenvalue weighted by atomic mass is 19.1. The van der Waals surface area contributed by atoms with Crippen molar-refractivity contribution in [1.29, 1.82) is 0 Å². The number of amides is 1. The second-order valence-corrected chi connectivity index (χ2v) is 7.93. The van der Waals surface area contributed by atoms with Crippen LogP contribution >= 0.6 is 0 Å². The minimum Gasteiger partial charge on any atom is -0.481 e. The summed E-state index contributed by atoms with van der Waals surface area (Å²) in [5, 5.41) is 11.4. The van der Waals surface area contributed by atoms with Gasteiger partial charge >= 0.3 is 12.1 Å². The Balaban J connectivity index is 1.46. The Morgan fingerprint density at radius 2 is 1.73 bits per heavy atom. The molecule has 0 fully saturated rings. The second kappa shape index (κ2) is 10.1. The molecule has 0 saturated heterocycles. The van der Waals surface area contributed by atoms with E-state index in [4.69, 9.17) is 9.84 Å². The Morgan fingerprint density at radius 3 is 2.52 bits per heavy atom. The third kappa shape index (κ3) is 5.47. The number of alkyl carbamates (subject to hydrolysis) is 1. The fourth-order valence-corrected chi connectivity index (χ4v) is 4.11. The Kier molecular flexibility index (Phi) is 6.83. The zero-order chi connectivity index (χ0) is 23.2. The topological polar surface area (TPSA) is 75.6 Å². The molecular formula is C27H24FNO4. The number of hydrogen-bond donors (Lipinski definition) is 2. The molecule has 0 aromatic heterocycles. The average molecular weight is 445 g/mol. The van der Waals surface area contributed by atoms with Gasteiger partial charge in [-0.3, -0.25) is 4.79 Å². The summed E-state index contributed by atoms with van der Waals surface area (Å²) in [6.07, 6.45) is 0.746. The first-order chi connectivity index (χ1) is 16.0. The number of benzene rings is 3. The van der Waals surface area contributed by atoms with E-state index < -0.39 is 30.4 Å². The van der Waals surface area contributed by atoms with Crippen LogP contribution in [0.3, 0.4) is 0 Å². The van der Waals surface area contributed by atoms with Gasteiger partial charge in [-0.25, -0.2) is 9.18 Å². The number of carbonyl (C=O) groups excluding carboxylic acids is 1. The van der Waals surface area contributed by atoms with Crippen molar-refractivity contribution < 1.29 is 23.8 Å². The number of ether oxygens (including phenoxy) is 1. The Labute approximate surface area is 191 Å². The summed E-state index contributed by atoms with van der Waals surface area (Å²) < 4.78 is 20.2. The van der Waals surface area contributed by atoms with Gasteiger partial charge in [0.05, 0.1) is 12.5 Å². The quantitative estimate of drug-likeness (QED) is 0.380. The van der Waals surface area contributed by atoms with Crippen LogP contribution in [0.1, 0.15) is 28.7 Å². The normalized spacial score (nSPS) is 13.1. The third-order valence-electron chi connectivity index (χ3n) is 5.64. The van der Waals surface area contributed by atoms with Crippen molar-refractivity contribution in [2.75, 3.05) is 0 Å². The first kappa shape index (κ1) is 22.3. The van der Waals surface area contributed by atoms with Gasteiger partial charge in [0, 0.05) is 0 Å². The van der Waals surface area contributed by atoms with E-state index in [0.717, 1.165) is 34.8 Å². The van der Waals surface area contributed by atoms with Crippen LogP contribution in [0, 0.1) is 0 Å². The number of aliphatic carboxylic acids is 1. The van der Waals surface area contributed by atoms with Crippen molar-refractivity contribution in [1.82, 2.24) is 5.32 Å². The van der Waals surface area contributed by atoms with Crippen LogP contribution in [0.2, 0.25) is 0 Å². The second-order valence-electron chi connectivity index (χ2n) is 7.93. The fraction of sp³-hybridized carbons (Fsp3) is 0.185. The van der Waals surface area contributed by atoms with Gasteiger partial charge in [-0.2, -0.15) is 0 Å². The average Bonchev–Trinajstić information content (AvgIpc) is 3.20. The number of rotatable bonds is 8. The lowest BCUT2D eigenvalue weighted by Gasteiger charge is -2.18. The summed E-state index contributed by atoms with van der Waals surface area (Å²) in [6.45, 7) is 0.0435. The van der Waals surface area contributed by atoms with Gasteiger partial charge < -0.3 is 15.2 Å². The monoisotopic (exact) mass is 445 g/mol. The summed E-state index contributed by atoms with van der Waals surface area (Å²) in [4.78, 5) is 23.4. The van der Waals surface area contributed by atoms with Crippen molar-refractivity contribution in [2.45, 2.75) is 31.9 Å². The molecule has 2 N–H and O–H groups in total. The van der Waals surface area contributed by atoms with Crippen LogP contribution in [-0.2, 0) is 29.0 Å². The van der Waals surface area contributed by atoms with E-state index in [0.29, 0.717) is 0 Å². The molecule has 3 aromatic carbocycles. The molecule has 0 unspecified atom stereocenters. The molecule has 1 aliphatic rings. The van der Waals surface area contributed by atoms with Crippen molar-refractivity contribution in [2.24, 2.45) is 0 Å². The third-order valence-corrected chi connectivity index (χ3v) is 5.64. The van der Waals surface area contributed by atoms with Crippen LogP contribution in [0.4, 0.5) is 9.18 Å². The first-order valence-corrected chi connectivity index (χ1v) is 10.7. The predicted molar refractivity (Wildman–Crippen MR) is 123 cm³/mol. The lowest BCUT2D eigenvalue weighted by molar-refractivity contribution is -0.136. The molecule has 0 spiro atoms. The minimum absolute atomic E-state index is 0.0435. The maximum atomic E-state index is 14.7. The zero-order valence-corrected chi connectivity index (χ0v) is 18.0. The molecule has 33 heavy (non-hydrogen) atoms. The minimum atomic E-state index is -1.15. The van der Waals surface area contributed by atoms with E-state index >= 15 is 0 Å². The molecule has 5 nitrogen and oxygen atoms in total. The lowest BCUT2D eigenvalue weighted by Crippen LogP contribution is -2.37. The number of carbonyl (C=O) groups is 2. The molecule has 1 amide bonds. The molecule has 0 aliphatic heterocycles. The van der Waals surface area contributed by atoms with Crippen molar-refractivity contribution >= 4 is 12.1 Å². The van der Waals surface area contributed by atoms with Crippen LogP contribution in [0.25, 0.3) is 11.1 Å². The highest BCUT2D eigenvalue weighted by Crippen LogP contribution is 2.38. The molecular weight excluding hydrogens is 421 g/mol. The van der Waals surface area contributed by atoms with Crippen LogP contribution in [-0.4, -0.2) is 23.2 Å². The van der Waals surface area contributed by atoms with Crippen molar-refractivity contribution in [3.63, 3.8) is 0 Å². The van der Waals surface area contributed by atoms with Gasteiger partial charge in [-0.1, -0.05) is 72.8 Å². The van der Waals surface area contributed by atoms with Gasteiger partial charge in [-0.05, 0) is 52.3 Å². The highest BCUT2D eigenvalue weighted by Gasteiger charge is 2.23. The van der Waals surface area contributed by atoms with E-state index in [1.807, 2.05) is 54.6 Å². The largest absolute Gasteiger partial charge is 0.481 e. The van der Waals surface area contributed by atoms with Crippen LogP contribution in [0.15, 0.2) is 84.7 Å². The number of fused-ring (bicyclic) bond motifs is 3. The molecule has 0 saturated carbocycles. The molecule has 3 aromatic rings. The molecule has 0 heterocycles. The summed E-state index contributed by atoms with van der Waals surface area (Å²) in [7, 11) is 0. The maximum Gasteiger partial charge on any atom is 0.408 e. The van der Waals surface area contributed by atoms with E-state index in [-0.39, 0.29) is 13.0 Å². The standard InChI is InChI=1S/C27H24FNO4/c28-23(13-14-25(30)31)24(15-18-7-2-1-3-8-18)29-27(32)33-17-21-11-6-10-20-16-19-9-4-5-12-22(19)26(20)21/h1-13,24H,14-17H2,(H,29,32)(H,30,31)/b23-13-/t24-/m0/s1. The fourth-order valence-electron chi connectivity index (χ4n) is 4.11. The van der Waals surface area contributed by atoms with Gasteiger partial charge in [0.25, 0.3) is 0 Å². The molecule has 0 bridgehead atoms. The first-order valence-electron chi connectivity index (χ1n) is 10.7. The lowest BCUT2D eigenvalue weighted by atomic mass is 10.00. The van der Waals surface area contributed by atoms with E-state index in [1.165, 1.54) is 11.1 Å². The van der Waals surface area contributed by atoms with Gasteiger partial charge in [0.15, 0.2) is 0 Å². The number of hydrogen-bond acceptors (Lipinski definition) is 3. The van der Waals surface area contributed by atoms with E-state index in [1.54, 1.807) is 0 Å². The predicted octanol–water partition coefficient (Wildman–Crippen LogP) is 5.42. The molecule has 1 aliphatic carbocycles. The number of halogens is 1. The molecule has 168 valence electrons. The summed E-state index contributed by atoms with van der Waals surface area (Å²) in [5.74, 6) is -1.86. The van der Waals surface area contributed by atoms with E-state index in [9.17, 15) is 14.0 Å². The van der Waals surface area contributed by atoms with Crippen molar-refractivity contribution in [3.05, 3.63) is 107 Å². The SMILES string of the molecule is O=C(O)C/C=C(\F)[C@H](Cc1ccccc1)NC(=O)OCc1cccc2c1-c1ccccc1C2. The Hall–Kier alpha value is -3.93. The molecule has 0 radical (unpaired) electrons. The van der Waals surface area contributed by atoms with Gasteiger partial charge in [-0.15, -0.1) is 0 Å². The summed E-state index contributed by atoms with van der Waals surface area (Å²) in [5.41, 5.74) is 6.32. The zero-order valence-electron chi connectivity index (χ0n) is 18.0. The van der Waals surface area contributed by atoms with Gasteiger partial charge in [0.1, 0.15) is 12.4 Å². The summed E-state index contributed by atoms with van der Waals surface area (Å²) >= 11 is 0. The Bertz CT molecular complexity index is 1190. The molecule has 6 heteroatoms. The van der Waals surface area contributed by atoms with Crippen molar-refractivity contribution in [3.8, 4) is 11.1 Å². The number of nitrogens with one attached hydrogen (secondary N) is 1. The highest BCUT2D eigenvalue weighted by molar-refractivity contribution is 5.79. The van der Waals surface area contributed by atoms with Crippen LogP contribution < -0.4 is 5.32 Å². The number of carboxylic acid groups (broad SMARTS) is 1. The maximum absolute atomic E-state index is 14.7. The molecule has 1 atom stereocenters. The smallest absolute Gasteiger partial charge is 0.408 e. The van der Waals surface area contributed by atoms with Crippen LogP contribution in [0.5, 0.6) is 0 Å². The Morgan fingerprint density at radius 1 is 1.00 bits per heavy atom. The summed E-state index contributed by atoms with van der Waals surface area (Å²) in [6, 6.07) is 22.1. The van der Waals surface area contributed by atoms with Gasteiger partial charge in [0.2, 0.25) is 0 Å².